The van der Waals surface area contributed by atoms with Crippen LogP contribution in [0.3, 0.4) is 0 Å². The van der Waals surface area contributed by atoms with E-state index in [9.17, 15) is 9.59 Å². The van der Waals surface area contributed by atoms with Gasteiger partial charge in [-0.25, -0.2) is 4.79 Å². The lowest BCUT2D eigenvalue weighted by atomic mass is 10.2. The first-order chi connectivity index (χ1) is 10.5. The molecule has 0 aliphatic carbocycles. The van der Waals surface area contributed by atoms with Crippen LogP contribution in [0.15, 0.2) is 34.2 Å². The molecule has 0 unspecified atom stereocenters. The Kier molecular flexibility index (Phi) is 4.79. The number of aromatic amines is 1. The molecule has 0 amide bonds. The van der Waals surface area contributed by atoms with Crippen LogP contribution in [-0.2, 0) is 4.79 Å². The normalized spacial score (nSPS) is 10.8. The van der Waals surface area contributed by atoms with E-state index in [-0.39, 0.29) is 10.5 Å². The SMILES string of the molecule is Cc1n[nH]c(=S)n(/N=C\c2ccc(OCC(=O)O)cc2)c1=O. The molecule has 2 rings (SSSR count). The van der Waals surface area contributed by atoms with Crippen molar-refractivity contribution in [3.8, 4) is 5.75 Å². The zero-order valence-electron chi connectivity index (χ0n) is 11.5. The van der Waals surface area contributed by atoms with Crippen molar-refractivity contribution in [2.24, 2.45) is 5.10 Å². The quantitative estimate of drug-likeness (QED) is 0.627. The molecule has 1 aromatic carbocycles. The van der Waals surface area contributed by atoms with Gasteiger partial charge in [0.25, 0.3) is 5.56 Å². The Hall–Kier alpha value is -2.81. The van der Waals surface area contributed by atoms with Crippen LogP contribution in [0, 0.1) is 11.7 Å². The Morgan fingerprint density at radius 3 is 2.82 bits per heavy atom. The molecular formula is C13H12N4O4S. The molecular weight excluding hydrogens is 308 g/mol. The van der Waals surface area contributed by atoms with E-state index < -0.39 is 18.1 Å². The lowest BCUT2D eigenvalue weighted by molar-refractivity contribution is -0.139. The van der Waals surface area contributed by atoms with E-state index >= 15 is 0 Å². The molecule has 2 N–H and O–H groups in total. The van der Waals surface area contributed by atoms with Gasteiger partial charge in [-0.3, -0.25) is 9.89 Å². The fourth-order valence-corrected chi connectivity index (χ4v) is 1.67. The maximum Gasteiger partial charge on any atom is 0.341 e. The zero-order chi connectivity index (χ0) is 16.1. The van der Waals surface area contributed by atoms with Crippen molar-refractivity contribution in [3.05, 3.63) is 50.6 Å². The highest BCUT2D eigenvalue weighted by Crippen LogP contribution is 2.10. The van der Waals surface area contributed by atoms with Crippen molar-refractivity contribution in [3.63, 3.8) is 0 Å². The molecule has 1 heterocycles. The Balaban J connectivity index is 2.18. The molecule has 9 heteroatoms. The topological polar surface area (TPSA) is 110 Å². The summed E-state index contributed by atoms with van der Waals surface area (Å²) in [5.41, 5.74) is 0.544. The van der Waals surface area contributed by atoms with E-state index in [0.717, 1.165) is 4.68 Å². The van der Waals surface area contributed by atoms with E-state index in [1.54, 1.807) is 31.2 Å². The molecule has 0 saturated heterocycles. The number of aliphatic carboxylic acids is 1. The largest absolute Gasteiger partial charge is 0.482 e. The third kappa shape index (κ3) is 3.85. The Labute approximate surface area is 129 Å². The predicted octanol–water partition coefficient (Wildman–Crippen LogP) is 0.955. The molecule has 0 atom stereocenters. The van der Waals surface area contributed by atoms with Crippen LogP contribution in [0.1, 0.15) is 11.3 Å². The number of hydrogen-bond acceptors (Lipinski definition) is 6. The minimum absolute atomic E-state index is 0.0910. The summed E-state index contributed by atoms with van der Waals surface area (Å²) in [6.07, 6.45) is 1.45. The van der Waals surface area contributed by atoms with Crippen molar-refractivity contribution in [1.82, 2.24) is 14.9 Å². The molecule has 0 fully saturated rings. The number of rotatable bonds is 5. The number of aromatic nitrogens is 3. The number of carboxylic acid groups (broad SMARTS) is 1. The highest BCUT2D eigenvalue weighted by atomic mass is 32.1. The van der Waals surface area contributed by atoms with Crippen LogP contribution in [0.25, 0.3) is 0 Å². The van der Waals surface area contributed by atoms with Crippen LogP contribution >= 0.6 is 12.2 Å². The first-order valence-electron chi connectivity index (χ1n) is 6.15. The fourth-order valence-electron chi connectivity index (χ4n) is 1.50. The third-order valence-corrected chi connectivity index (χ3v) is 2.84. The lowest BCUT2D eigenvalue weighted by Crippen LogP contribution is -2.22. The maximum absolute atomic E-state index is 11.8. The maximum atomic E-state index is 11.8. The van der Waals surface area contributed by atoms with E-state index in [1.807, 2.05) is 0 Å². The van der Waals surface area contributed by atoms with Gasteiger partial charge in [-0.15, -0.1) is 0 Å². The molecule has 22 heavy (non-hydrogen) atoms. The summed E-state index contributed by atoms with van der Waals surface area (Å²) < 4.78 is 6.14. The minimum Gasteiger partial charge on any atom is -0.482 e. The smallest absolute Gasteiger partial charge is 0.341 e. The standard InChI is InChI=1S/C13H12N4O4S/c1-8-12(20)17(13(22)16-15-8)14-6-9-2-4-10(5-3-9)21-7-11(18)19/h2-6H,7H2,1H3,(H,16,22)(H,18,19)/b14-6-. The van der Waals surface area contributed by atoms with Crippen LogP contribution < -0.4 is 10.3 Å². The van der Waals surface area contributed by atoms with Gasteiger partial charge in [0.15, 0.2) is 6.61 Å². The molecule has 114 valence electrons. The Bertz CT molecular complexity index is 823. The number of hydrogen-bond donors (Lipinski definition) is 2. The fraction of sp³-hybridized carbons (Fsp3) is 0.154. The predicted molar refractivity (Wildman–Crippen MR) is 81.0 cm³/mol. The van der Waals surface area contributed by atoms with E-state index in [1.165, 1.54) is 6.21 Å². The second-order valence-electron chi connectivity index (χ2n) is 4.23. The minimum atomic E-state index is -1.05. The van der Waals surface area contributed by atoms with Crippen LogP contribution in [-0.4, -0.2) is 38.8 Å². The van der Waals surface area contributed by atoms with Crippen molar-refractivity contribution in [2.45, 2.75) is 6.92 Å². The molecule has 0 aliphatic rings. The van der Waals surface area contributed by atoms with Crippen molar-refractivity contribution >= 4 is 24.4 Å². The molecule has 2 aromatic rings. The first-order valence-corrected chi connectivity index (χ1v) is 6.55. The Morgan fingerprint density at radius 1 is 1.50 bits per heavy atom. The summed E-state index contributed by atoms with van der Waals surface area (Å²) in [7, 11) is 0. The molecule has 1 aromatic heterocycles. The zero-order valence-corrected chi connectivity index (χ0v) is 12.3. The van der Waals surface area contributed by atoms with Gasteiger partial charge in [0, 0.05) is 0 Å². The number of nitrogens with one attached hydrogen (secondary N) is 1. The van der Waals surface area contributed by atoms with Gasteiger partial charge >= 0.3 is 5.97 Å². The lowest BCUT2D eigenvalue weighted by Gasteiger charge is -2.03. The number of benzene rings is 1. The third-order valence-electron chi connectivity index (χ3n) is 2.58. The van der Waals surface area contributed by atoms with Gasteiger partial charge in [0.1, 0.15) is 11.4 Å². The summed E-state index contributed by atoms with van der Waals surface area (Å²) >= 11 is 4.95. The van der Waals surface area contributed by atoms with Crippen LogP contribution in [0.2, 0.25) is 0 Å². The van der Waals surface area contributed by atoms with Crippen molar-refractivity contribution in [2.75, 3.05) is 6.61 Å². The summed E-state index contributed by atoms with van der Waals surface area (Å²) in [6, 6.07) is 6.55. The monoisotopic (exact) mass is 320 g/mol. The van der Waals surface area contributed by atoms with Crippen molar-refractivity contribution in [1.29, 1.82) is 0 Å². The molecule has 0 bridgehead atoms. The number of nitrogens with zero attached hydrogens (tertiary/aromatic N) is 3. The van der Waals surface area contributed by atoms with Gasteiger partial charge in [0.05, 0.1) is 6.21 Å². The van der Waals surface area contributed by atoms with Gasteiger partial charge in [-0.05, 0) is 49.0 Å². The summed E-state index contributed by atoms with van der Waals surface area (Å²) in [5.74, 6) is -0.624. The van der Waals surface area contributed by atoms with Crippen molar-refractivity contribution < 1.29 is 14.6 Å². The van der Waals surface area contributed by atoms with E-state index in [4.69, 9.17) is 22.1 Å². The van der Waals surface area contributed by atoms with Gasteiger partial charge in [0.2, 0.25) is 4.77 Å². The highest BCUT2D eigenvalue weighted by molar-refractivity contribution is 7.71. The molecule has 0 saturated carbocycles. The van der Waals surface area contributed by atoms with Crippen LogP contribution in [0.5, 0.6) is 5.75 Å². The molecule has 0 radical (unpaired) electrons. The first kappa shape index (κ1) is 15.6. The summed E-state index contributed by atoms with van der Waals surface area (Å²) in [4.78, 5) is 22.2. The number of H-pyrrole nitrogens is 1. The number of aryl methyl sites for hydroxylation is 1. The second kappa shape index (κ2) is 6.76. The van der Waals surface area contributed by atoms with Crippen LogP contribution in [0.4, 0.5) is 0 Å². The highest BCUT2D eigenvalue weighted by Gasteiger charge is 2.01. The van der Waals surface area contributed by atoms with E-state index in [0.29, 0.717) is 11.3 Å². The average molecular weight is 320 g/mol. The molecule has 8 nitrogen and oxygen atoms in total. The molecule has 0 aliphatic heterocycles. The summed E-state index contributed by atoms with van der Waals surface area (Å²) in [6.45, 7) is 1.14. The molecule has 0 spiro atoms. The van der Waals surface area contributed by atoms with Gasteiger partial charge < -0.3 is 9.84 Å². The van der Waals surface area contributed by atoms with Gasteiger partial charge in [-0.2, -0.15) is 14.9 Å². The van der Waals surface area contributed by atoms with E-state index in [2.05, 4.69) is 15.3 Å². The second-order valence-corrected chi connectivity index (χ2v) is 4.61. The van der Waals surface area contributed by atoms with Gasteiger partial charge in [-0.1, -0.05) is 0 Å². The number of carboxylic acids is 1. The summed E-state index contributed by atoms with van der Waals surface area (Å²) in [5, 5.41) is 18.8. The average Bonchev–Trinajstić information content (AvgIpc) is 2.50. The Morgan fingerprint density at radius 2 is 2.18 bits per heavy atom. The number of carbonyl (C=O) groups is 1. The number of ether oxygens (including phenoxy) is 1.